The fourth-order valence-corrected chi connectivity index (χ4v) is 1.31. The largest absolute Gasteiger partial charge is 0.294 e. The summed E-state index contributed by atoms with van der Waals surface area (Å²) in [6.45, 7) is 0. The van der Waals surface area contributed by atoms with Gasteiger partial charge < -0.3 is 0 Å². The highest BCUT2D eigenvalue weighted by molar-refractivity contribution is 5.77. The van der Waals surface area contributed by atoms with Crippen molar-refractivity contribution in [2.24, 2.45) is 4.99 Å². The number of aliphatic imine (C=N–C) groups is 1. The van der Waals surface area contributed by atoms with E-state index in [1.165, 1.54) is 0 Å². The van der Waals surface area contributed by atoms with Crippen LogP contribution < -0.4 is 0 Å². The average molecular weight is 197 g/mol. The summed E-state index contributed by atoms with van der Waals surface area (Å²) in [5.74, 6) is 0. The monoisotopic (exact) mass is 197 g/mol. The van der Waals surface area contributed by atoms with Gasteiger partial charge in [0.2, 0.25) is 0 Å². The Morgan fingerprint density at radius 2 is 1.93 bits per heavy atom. The predicted octanol–water partition coefficient (Wildman–Crippen LogP) is 2.19. The minimum absolute atomic E-state index is 0.848. The van der Waals surface area contributed by atoms with E-state index in [9.17, 15) is 0 Å². The van der Waals surface area contributed by atoms with Crippen molar-refractivity contribution in [3.8, 4) is 11.4 Å². The van der Waals surface area contributed by atoms with Crippen LogP contribution in [0.4, 0.5) is 0 Å². The zero-order valence-corrected chi connectivity index (χ0v) is 8.46. The summed E-state index contributed by atoms with van der Waals surface area (Å²) in [5, 5.41) is 0. The molecule has 0 spiro atoms. The second-order valence-electron chi connectivity index (χ2n) is 3.05. The van der Waals surface area contributed by atoms with Gasteiger partial charge in [-0.25, -0.2) is 4.98 Å². The van der Waals surface area contributed by atoms with Crippen LogP contribution in [0, 0.1) is 0 Å². The molecule has 74 valence electrons. The molecule has 2 rings (SSSR count). The van der Waals surface area contributed by atoms with Crippen molar-refractivity contribution in [1.82, 2.24) is 9.97 Å². The van der Waals surface area contributed by atoms with E-state index in [4.69, 9.17) is 0 Å². The second kappa shape index (κ2) is 4.46. The molecule has 0 saturated carbocycles. The van der Waals surface area contributed by atoms with E-state index in [0.717, 1.165) is 17.1 Å². The molecule has 2 heterocycles. The van der Waals surface area contributed by atoms with Crippen LogP contribution in [0.5, 0.6) is 0 Å². The zero-order chi connectivity index (χ0) is 10.5. The summed E-state index contributed by atoms with van der Waals surface area (Å²) in [4.78, 5) is 12.6. The lowest BCUT2D eigenvalue weighted by Gasteiger charge is -1.99. The molecule has 0 unspecified atom stereocenters. The van der Waals surface area contributed by atoms with Gasteiger partial charge in [-0.1, -0.05) is 12.1 Å². The fraction of sp³-hybridized carbons (Fsp3) is 0.0833. The Morgan fingerprint density at radius 1 is 1.07 bits per heavy atom. The molecule has 0 radical (unpaired) electrons. The maximum Gasteiger partial charge on any atom is 0.0894 e. The van der Waals surface area contributed by atoms with Gasteiger partial charge in [0.25, 0.3) is 0 Å². The minimum atomic E-state index is 0.848. The SMILES string of the molecule is CN=Cc1cccc(-c2ccccn2)n1. The lowest BCUT2D eigenvalue weighted by Crippen LogP contribution is -1.91. The van der Waals surface area contributed by atoms with Gasteiger partial charge in [-0.05, 0) is 24.3 Å². The number of hydrogen-bond donors (Lipinski definition) is 0. The van der Waals surface area contributed by atoms with Crippen LogP contribution in [0.2, 0.25) is 0 Å². The van der Waals surface area contributed by atoms with Gasteiger partial charge in [-0.15, -0.1) is 0 Å². The van der Waals surface area contributed by atoms with E-state index in [1.54, 1.807) is 19.5 Å². The van der Waals surface area contributed by atoms with Crippen LogP contribution in [-0.2, 0) is 0 Å². The van der Waals surface area contributed by atoms with Gasteiger partial charge in [-0.3, -0.25) is 9.98 Å². The van der Waals surface area contributed by atoms with Crippen molar-refractivity contribution in [1.29, 1.82) is 0 Å². The molecule has 0 bridgehead atoms. The van der Waals surface area contributed by atoms with Crippen LogP contribution in [-0.4, -0.2) is 23.2 Å². The molecule has 15 heavy (non-hydrogen) atoms. The van der Waals surface area contributed by atoms with Gasteiger partial charge >= 0.3 is 0 Å². The van der Waals surface area contributed by atoms with Crippen LogP contribution in [0.25, 0.3) is 11.4 Å². The molecule has 2 aromatic heterocycles. The minimum Gasteiger partial charge on any atom is -0.294 e. The maximum absolute atomic E-state index is 4.42. The molecule has 0 aliphatic heterocycles. The second-order valence-corrected chi connectivity index (χ2v) is 3.05. The average Bonchev–Trinajstić information content (AvgIpc) is 2.31. The summed E-state index contributed by atoms with van der Waals surface area (Å²) < 4.78 is 0. The highest BCUT2D eigenvalue weighted by atomic mass is 14.8. The van der Waals surface area contributed by atoms with E-state index in [-0.39, 0.29) is 0 Å². The summed E-state index contributed by atoms with van der Waals surface area (Å²) in [6, 6.07) is 11.6. The Bertz CT molecular complexity index is 463. The van der Waals surface area contributed by atoms with Crippen molar-refractivity contribution >= 4 is 6.21 Å². The Kier molecular flexibility index (Phi) is 2.83. The van der Waals surface area contributed by atoms with Gasteiger partial charge in [0.1, 0.15) is 0 Å². The van der Waals surface area contributed by atoms with Crippen molar-refractivity contribution in [3.63, 3.8) is 0 Å². The highest BCUT2D eigenvalue weighted by Gasteiger charge is 1.99. The Hall–Kier alpha value is -2.03. The molecule has 0 aromatic carbocycles. The third-order valence-electron chi connectivity index (χ3n) is 1.96. The standard InChI is InChI=1S/C12H11N3/c1-13-9-10-5-4-7-12(15-10)11-6-2-3-8-14-11/h2-9H,1H3. The molecule has 0 aliphatic rings. The molecule has 0 saturated heterocycles. The molecular weight excluding hydrogens is 186 g/mol. The first-order valence-corrected chi connectivity index (χ1v) is 4.71. The number of rotatable bonds is 2. The summed E-state index contributed by atoms with van der Waals surface area (Å²) >= 11 is 0. The topological polar surface area (TPSA) is 38.1 Å². The van der Waals surface area contributed by atoms with Crippen LogP contribution in [0.3, 0.4) is 0 Å². The smallest absolute Gasteiger partial charge is 0.0894 e. The zero-order valence-electron chi connectivity index (χ0n) is 8.46. The summed E-state index contributed by atoms with van der Waals surface area (Å²) in [7, 11) is 1.73. The lowest BCUT2D eigenvalue weighted by molar-refractivity contribution is 1.23. The van der Waals surface area contributed by atoms with E-state index < -0.39 is 0 Å². The van der Waals surface area contributed by atoms with E-state index in [2.05, 4.69) is 15.0 Å². The van der Waals surface area contributed by atoms with E-state index in [1.807, 2.05) is 36.4 Å². The fourth-order valence-electron chi connectivity index (χ4n) is 1.31. The predicted molar refractivity (Wildman–Crippen MR) is 61.0 cm³/mol. The van der Waals surface area contributed by atoms with Crippen molar-refractivity contribution in [3.05, 3.63) is 48.3 Å². The molecule has 0 aliphatic carbocycles. The molecule has 0 N–H and O–H groups in total. The molecule has 0 atom stereocenters. The molecular formula is C12H11N3. The van der Waals surface area contributed by atoms with Gasteiger partial charge in [0.15, 0.2) is 0 Å². The van der Waals surface area contributed by atoms with E-state index >= 15 is 0 Å². The number of nitrogens with zero attached hydrogens (tertiary/aromatic N) is 3. The highest BCUT2D eigenvalue weighted by Crippen LogP contribution is 2.12. The number of aromatic nitrogens is 2. The molecule has 3 heteroatoms. The number of pyridine rings is 2. The molecule has 0 fully saturated rings. The first-order chi connectivity index (χ1) is 7.40. The summed E-state index contributed by atoms with van der Waals surface area (Å²) in [5.41, 5.74) is 2.59. The summed E-state index contributed by atoms with van der Waals surface area (Å²) in [6.07, 6.45) is 3.49. The van der Waals surface area contributed by atoms with Gasteiger partial charge in [0, 0.05) is 19.5 Å². The van der Waals surface area contributed by atoms with Gasteiger partial charge in [0.05, 0.1) is 17.1 Å². The van der Waals surface area contributed by atoms with E-state index in [0.29, 0.717) is 0 Å². The Labute approximate surface area is 88.6 Å². The van der Waals surface area contributed by atoms with Crippen molar-refractivity contribution in [2.75, 3.05) is 7.05 Å². The molecule has 2 aromatic rings. The maximum atomic E-state index is 4.42. The quantitative estimate of drug-likeness (QED) is 0.692. The number of hydrogen-bond acceptors (Lipinski definition) is 3. The van der Waals surface area contributed by atoms with Crippen LogP contribution in [0.15, 0.2) is 47.6 Å². The van der Waals surface area contributed by atoms with Crippen LogP contribution in [0.1, 0.15) is 5.69 Å². The Morgan fingerprint density at radius 3 is 2.67 bits per heavy atom. The lowest BCUT2D eigenvalue weighted by atomic mass is 10.2. The van der Waals surface area contributed by atoms with Gasteiger partial charge in [-0.2, -0.15) is 0 Å². The van der Waals surface area contributed by atoms with Crippen molar-refractivity contribution in [2.45, 2.75) is 0 Å². The normalized spacial score (nSPS) is 10.7. The molecule has 0 amide bonds. The third-order valence-corrected chi connectivity index (χ3v) is 1.96. The first kappa shape index (κ1) is 9.52. The molecule has 3 nitrogen and oxygen atoms in total. The Balaban J connectivity index is 2.41. The third kappa shape index (κ3) is 2.26. The van der Waals surface area contributed by atoms with Crippen molar-refractivity contribution < 1.29 is 0 Å². The first-order valence-electron chi connectivity index (χ1n) is 4.71. The van der Waals surface area contributed by atoms with Crippen LogP contribution >= 0.6 is 0 Å².